The summed E-state index contributed by atoms with van der Waals surface area (Å²) in [5, 5.41) is 11.4. The summed E-state index contributed by atoms with van der Waals surface area (Å²) in [4.78, 5) is 70.9. The molecule has 4 N–H and O–H groups in total. The zero-order valence-electron chi connectivity index (χ0n) is 28.3. The number of hydrogen-bond donors (Lipinski definition) is 4. The number of likely N-dealkylation sites (tertiary alicyclic amines) is 1. The van der Waals surface area contributed by atoms with Gasteiger partial charge in [-0.2, -0.15) is 0 Å². The molecule has 0 aliphatic carbocycles. The molecule has 0 radical (unpaired) electrons. The van der Waals surface area contributed by atoms with Gasteiger partial charge in [-0.3, -0.25) is 24.0 Å². The number of rotatable bonds is 8. The van der Waals surface area contributed by atoms with Crippen LogP contribution < -0.4 is 26.0 Å². The molecule has 2 aliphatic rings. The standard InChI is InChI=1S/C36H50N6O6/c1-25(2)20-30-36(47)41(3)23-33(44)38-27(21-26-12-6-4-7-13-26)24-48-31-15-9-8-14-28(31)34(45)40-29(22-32(43)39-30)35(46)37-16-19-42-17-10-5-11-18-42/h4,6-9,12-15,25,27,29-30H,5,10-11,16-24H2,1-3H3,(H,37,46)(H,38,44)(H,39,43)(H,40,45)/t27-,29+,30-/m1/s1. The van der Waals surface area contributed by atoms with Crippen LogP contribution in [0.1, 0.15) is 61.9 Å². The van der Waals surface area contributed by atoms with Crippen LogP contribution in [0.15, 0.2) is 54.6 Å². The van der Waals surface area contributed by atoms with Crippen molar-refractivity contribution in [1.82, 2.24) is 31.1 Å². The van der Waals surface area contributed by atoms with Gasteiger partial charge in [-0.25, -0.2) is 0 Å². The summed E-state index contributed by atoms with van der Waals surface area (Å²) >= 11 is 0. The zero-order valence-corrected chi connectivity index (χ0v) is 28.3. The van der Waals surface area contributed by atoms with Crippen LogP contribution in [0.5, 0.6) is 5.75 Å². The van der Waals surface area contributed by atoms with E-state index in [0.717, 1.165) is 31.5 Å². The Morgan fingerprint density at radius 3 is 2.35 bits per heavy atom. The van der Waals surface area contributed by atoms with Crippen molar-refractivity contribution in [3.63, 3.8) is 0 Å². The van der Waals surface area contributed by atoms with Crippen LogP contribution in [0, 0.1) is 5.92 Å². The number of likely N-dealkylation sites (N-methyl/N-ethyl adjacent to an activating group) is 1. The van der Waals surface area contributed by atoms with Gasteiger partial charge in [0.15, 0.2) is 0 Å². The third-order valence-corrected chi connectivity index (χ3v) is 8.55. The number of ether oxygens (including phenoxy) is 1. The van der Waals surface area contributed by atoms with Crippen LogP contribution in [0.25, 0.3) is 0 Å². The molecule has 12 nitrogen and oxygen atoms in total. The fraction of sp³-hybridized carbons (Fsp3) is 0.528. The van der Waals surface area contributed by atoms with Gasteiger partial charge in [0.2, 0.25) is 23.6 Å². The summed E-state index contributed by atoms with van der Waals surface area (Å²) < 4.78 is 6.13. The van der Waals surface area contributed by atoms with Crippen LogP contribution in [0.4, 0.5) is 0 Å². The Labute approximate surface area is 283 Å². The van der Waals surface area contributed by atoms with Gasteiger partial charge in [-0.05, 0) is 62.4 Å². The summed E-state index contributed by atoms with van der Waals surface area (Å²) in [6.45, 7) is 6.66. The summed E-state index contributed by atoms with van der Waals surface area (Å²) in [6, 6.07) is 13.7. The molecule has 2 aliphatic heterocycles. The van der Waals surface area contributed by atoms with E-state index in [4.69, 9.17) is 4.74 Å². The fourth-order valence-electron chi connectivity index (χ4n) is 6.07. The highest BCUT2D eigenvalue weighted by molar-refractivity contribution is 6.01. The molecule has 3 atom stereocenters. The Hall–Kier alpha value is -4.45. The average molecular weight is 663 g/mol. The molecule has 12 heteroatoms. The minimum absolute atomic E-state index is 0.0407. The van der Waals surface area contributed by atoms with E-state index < -0.39 is 41.8 Å². The molecular formula is C36H50N6O6. The minimum atomic E-state index is -1.20. The Bertz CT molecular complexity index is 1400. The third-order valence-electron chi connectivity index (χ3n) is 8.55. The monoisotopic (exact) mass is 662 g/mol. The lowest BCUT2D eigenvalue weighted by atomic mass is 10.0. The number of fused-ring (bicyclic) bond motifs is 1. The minimum Gasteiger partial charge on any atom is -0.491 e. The van der Waals surface area contributed by atoms with E-state index in [1.54, 1.807) is 24.3 Å². The van der Waals surface area contributed by atoms with Crippen molar-refractivity contribution >= 4 is 29.5 Å². The Morgan fingerprint density at radius 1 is 0.917 bits per heavy atom. The number of para-hydroxylation sites is 1. The topological polar surface area (TPSA) is 149 Å². The lowest BCUT2D eigenvalue weighted by Gasteiger charge is -2.27. The van der Waals surface area contributed by atoms with Gasteiger partial charge in [0.25, 0.3) is 5.91 Å². The lowest BCUT2D eigenvalue weighted by Crippen LogP contribution is -2.54. The number of carbonyl (C=O) groups excluding carboxylic acids is 5. The number of piperidine rings is 1. The van der Waals surface area contributed by atoms with Gasteiger partial charge in [-0.1, -0.05) is 62.7 Å². The predicted molar refractivity (Wildman–Crippen MR) is 182 cm³/mol. The summed E-state index contributed by atoms with van der Waals surface area (Å²) in [7, 11) is 1.52. The second-order valence-electron chi connectivity index (χ2n) is 13.1. The molecule has 0 bridgehead atoms. The molecule has 0 aromatic heterocycles. The molecular weight excluding hydrogens is 612 g/mol. The van der Waals surface area contributed by atoms with Crippen molar-refractivity contribution in [2.45, 2.75) is 70.5 Å². The first-order valence-corrected chi connectivity index (χ1v) is 17.0. The van der Waals surface area contributed by atoms with Gasteiger partial charge in [0.05, 0.1) is 24.6 Å². The van der Waals surface area contributed by atoms with Crippen molar-refractivity contribution in [2.75, 3.05) is 46.4 Å². The molecule has 5 amide bonds. The van der Waals surface area contributed by atoms with E-state index in [0.29, 0.717) is 25.9 Å². The van der Waals surface area contributed by atoms with E-state index in [-0.39, 0.29) is 42.7 Å². The van der Waals surface area contributed by atoms with Gasteiger partial charge in [0.1, 0.15) is 24.4 Å². The van der Waals surface area contributed by atoms with Gasteiger partial charge < -0.3 is 35.8 Å². The molecule has 260 valence electrons. The second-order valence-corrected chi connectivity index (χ2v) is 13.1. The largest absolute Gasteiger partial charge is 0.491 e. The van der Waals surface area contributed by atoms with Crippen LogP contribution in [0.3, 0.4) is 0 Å². The second kappa shape index (κ2) is 18.2. The molecule has 1 saturated heterocycles. The molecule has 0 spiro atoms. The number of nitrogens with one attached hydrogen (secondary N) is 4. The van der Waals surface area contributed by atoms with E-state index >= 15 is 0 Å². The summed E-state index contributed by atoms with van der Waals surface area (Å²) in [5.74, 6) is -2.14. The molecule has 1 fully saturated rings. The fourth-order valence-corrected chi connectivity index (χ4v) is 6.07. The maximum absolute atomic E-state index is 13.7. The number of amides is 5. The van der Waals surface area contributed by atoms with Gasteiger partial charge >= 0.3 is 0 Å². The molecule has 0 unspecified atom stereocenters. The van der Waals surface area contributed by atoms with Crippen molar-refractivity contribution in [2.24, 2.45) is 5.92 Å². The Balaban J connectivity index is 1.60. The molecule has 4 rings (SSSR count). The van der Waals surface area contributed by atoms with Crippen molar-refractivity contribution in [1.29, 1.82) is 0 Å². The molecule has 2 aromatic carbocycles. The average Bonchev–Trinajstić information content (AvgIpc) is 3.06. The number of hydrogen-bond acceptors (Lipinski definition) is 7. The van der Waals surface area contributed by atoms with Gasteiger partial charge in [0, 0.05) is 20.1 Å². The molecule has 48 heavy (non-hydrogen) atoms. The van der Waals surface area contributed by atoms with Crippen molar-refractivity contribution in [3.05, 3.63) is 65.7 Å². The highest BCUT2D eigenvalue weighted by Crippen LogP contribution is 2.19. The van der Waals surface area contributed by atoms with E-state index in [9.17, 15) is 24.0 Å². The third kappa shape index (κ3) is 11.4. The predicted octanol–water partition coefficient (Wildman–Crippen LogP) is 1.89. The molecule has 2 aromatic rings. The first-order valence-electron chi connectivity index (χ1n) is 17.0. The Morgan fingerprint density at radius 2 is 1.62 bits per heavy atom. The Kier molecular flexibility index (Phi) is 13.8. The van der Waals surface area contributed by atoms with Gasteiger partial charge in [-0.15, -0.1) is 0 Å². The van der Waals surface area contributed by atoms with Crippen LogP contribution >= 0.6 is 0 Å². The van der Waals surface area contributed by atoms with E-state index in [2.05, 4.69) is 26.2 Å². The normalized spacial score (nSPS) is 22.1. The summed E-state index contributed by atoms with van der Waals surface area (Å²) in [5.41, 5.74) is 1.16. The highest BCUT2D eigenvalue weighted by atomic mass is 16.5. The SMILES string of the molecule is CC(C)C[C@H]1NC(=O)C[C@@H](C(=O)NCCN2CCCCC2)NC(=O)c2ccccc2OC[C@@H](Cc2ccccc2)NC(=O)CN(C)C1=O. The maximum atomic E-state index is 13.7. The number of nitrogens with zero attached hydrogens (tertiary/aromatic N) is 2. The van der Waals surface area contributed by atoms with Crippen LogP contribution in [-0.4, -0.2) is 104 Å². The lowest BCUT2D eigenvalue weighted by molar-refractivity contribution is -0.139. The van der Waals surface area contributed by atoms with Crippen LogP contribution in [0.2, 0.25) is 0 Å². The summed E-state index contributed by atoms with van der Waals surface area (Å²) in [6.07, 6.45) is 3.84. The first kappa shape index (κ1) is 36.4. The van der Waals surface area contributed by atoms with Crippen molar-refractivity contribution < 1.29 is 28.7 Å². The van der Waals surface area contributed by atoms with E-state index in [1.807, 2.05) is 44.2 Å². The van der Waals surface area contributed by atoms with Crippen molar-refractivity contribution in [3.8, 4) is 5.75 Å². The highest BCUT2D eigenvalue weighted by Gasteiger charge is 2.31. The number of carbonyl (C=O) groups is 5. The smallest absolute Gasteiger partial charge is 0.255 e. The quantitative estimate of drug-likeness (QED) is 0.337. The molecule has 2 heterocycles. The van der Waals surface area contributed by atoms with Crippen LogP contribution in [-0.2, 0) is 25.6 Å². The maximum Gasteiger partial charge on any atom is 0.255 e. The molecule has 0 saturated carbocycles. The zero-order chi connectivity index (χ0) is 34.5. The van der Waals surface area contributed by atoms with E-state index in [1.165, 1.54) is 18.4 Å². The first-order chi connectivity index (χ1) is 23.1. The number of benzene rings is 2.